The van der Waals surface area contributed by atoms with Crippen molar-refractivity contribution in [3.8, 4) is 28.0 Å². The lowest BCUT2D eigenvalue weighted by Gasteiger charge is -2.19. The van der Waals surface area contributed by atoms with Crippen LogP contribution in [-0.2, 0) is 20.3 Å². The van der Waals surface area contributed by atoms with Crippen LogP contribution in [0.3, 0.4) is 0 Å². The van der Waals surface area contributed by atoms with E-state index in [9.17, 15) is 5.11 Å². The van der Waals surface area contributed by atoms with Gasteiger partial charge in [0.2, 0.25) is 17.7 Å². The Labute approximate surface area is 288 Å². The smallest absolute Gasteiger partial charge is 0.373 e. The quantitative estimate of drug-likeness (QED) is 0.0934. The molecule has 0 saturated heterocycles. The summed E-state index contributed by atoms with van der Waals surface area (Å²) < 4.78 is 11.2. The van der Waals surface area contributed by atoms with E-state index in [1.54, 1.807) is 36.4 Å². The molecule has 0 heterocycles. The van der Waals surface area contributed by atoms with Crippen LogP contribution in [0.5, 0.6) is 5.75 Å². The minimum absolute atomic E-state index is 0.00609. The van der Waals surface area contributed by atoms with E-state index in [0.29, 0.717) is 22.3 Å². The van der Waals surface area contributed by atoms with E-state index in [1.165, 1.54) is 5.56 Å². The van der Waals surface area contributed by atoms with Gasteiger partial charge in [-0.2, -0.15) is 0 Å². The largest absolute Gasteiger partial charge is 0.508 e. The van der Waals surface area contributed by atoms with Gasteiger partial charge >= 0.3 is 5.90 Å². The zero-order valence-corrected chi connectivity index (χ0v) is 28.8. The lowest BCUT2D eigenvalue weighted by molar-refractivity contribution is -0.130. The summed E-state index contributed by atoms with van der Waals surface area (Å²) in [5.41, 5.74) is 8.06. The molecule has 0 spiro atoms. The highest BCUT2D eigenvalue weighted by molar-refractivity contribution is 6.05. The summed E-state index contributed by atoms with van der Waals surface area (Å²) in [6.07, 6.45) is 0. The summed E-state index contributed by atoms with van der Waals surface area (Å²) in [5, 5.41) is 42.0. The summed E-state index contributed by atoms with van der Waals surface area (Å²) in [7, 11) is 0. The molecule has 0 radical (unpaired) electrons. The molecule has 0 bridgehead atoms. The summed E-state index contributed by atoms with van der Waals surface area (Å²) in [6, 6.07) is 35.4. The molecule has 0 aliphatic carbocycles. The maximum absolute atomic E-state index is 10.6. The second-order valence-electron chi connectivity index (χ2n) is 14.1. The molecule has 0 atom stereocenters. The molecule has 5 aromatic rings. The molecular formula is C42H43N4O3+. The van der Waals surface area contributed by atoms with E-state index < -0.39 is 0 Å². The highest BCUT2D eigenvalue weighted by Crippen LogP contribution is 2.32. The average Bonchev–Trinajstić information content (AvgIpc) is 3.07. The minimum atomic E-state index is -0.125. The third kappa shape index (κ3) is 8.37. The number of phenols is 1. The second kappa shape index (κ2) is 13.7. The highest BCUT2D eigenvalue weighted by atomic mass is 16.5. The van der Waals surface area contributed by atoms with Crippen LogP contribution in [0, 0.1) is 16.2 Å². The van der Waals surface area contributed by atoms with Crippen molar-refractivity contribution in [2.75, 3.05) is 0 Å². The van der Waals surface area contributed by atoms with Gasteiger partial charge in [-0.3, -0.25) is 16.2 Å². The molecule has 0 amide bonds. The van der Waals surface area contributed by atoms with Crippen LogP contribution < -0.4 is 5.41 Å². The van der Waals surface area contributed by atoms with Gasteiger partial charge in [0.05, 0.1) is 5.56 Å². The van der Waals surface area contributed by atoms with Crippen LogP contribution in [0.1, 0.15) is 74.9 Å². The summed E-state index contributed by atoms with van der Waals surface area (Å²) in [6.45, 7) is 12.8. The van der Waals surface area contributed by atoms with Crippen molar-refractivity contribution < 1.29 is 20.0 Å². The third-order valence-electron chi connectivity index (χ3n) is 8.34. The molecule has 7 nitrogen and oxygen atoms in total. The lowest BCUT2D eigenvalue weighted by Crippen LogP contribution is -2.43. The van der Waals surface area contributed by atoms with Crippen LogP contribution in [0.2, 0.25) is 0 Å². The number of rotatable bonds is 6. The van der Waals surface area contributed by atoms with Crippen molar-refractivity contribution in [1.29, 1.82) is 16.2 Å². The fraction of sp³-hybridized carbons (Fsp3) is 0.190. The first-order valence-corrected chi connectivity index (χ1v) is 16.1. The van der Waals surface area contributed by atoms with Crippen molar-refractivity contribution in [3.05, 3.63) is 149 Å². The average molecular weight is 652 g/mol. The summed E-state index contributed by atoms with van der Waals surface area (Å²) in [4.78, 5) is 0. The predicted molar refractivity (Wildman–Crippen MR) is 198 cm³/mol. The normalized spacial score (nSPS) is 11.5. The molecule has 0 aromatic heterocycles. The highest BCUT2D eigenvalue weighted by Gasteiger charge is 2.18. The third-order valence-corrected chi connectivity index (χ3v) is 8.34. The number of nitrogens with two attached hydrogens (primary N) is 1. The molecule has 248 valence electrons. The number of nitrogens with one attached hydrogen (secondary N) is 3. The number of aromatic hydroxyl groups is 1. The Bertz CT molecular complexity index is 1870. The standard InChI is InChI=1S/C42H42N4O3/c1-41(2,3)34-19-15-30(16-20-34)39(45)48-37(43)28-11-7-26(8-12-28)32-23-33(25-36(47)24-32)27-9-13-29(14-10-27)38(44)49-40(46)31-17-21-35(22-18-31)42(4,5)6/h7-25,43-47H,1-6H3/p+1. The molecule has 0 unspecified atom stereocenters. The van der Waals surface area contributed by atoms with Crippen molar-refractivity contribution in [1.82, 2.24) is 0 Å². The Hall–Kier alpha value is -5.82. The zero-order chi connectivity index (χ0) is 35.5. The Balaban J connectivity index is 1.24. The van der Waals surface area contributed by atoms with Gasteiger partial charge in [0, 0.05) is 16.7 Å². The maximum atomic E-state index is 10.6. The van der Waals surface area contributed by atoms with E-state index >= 15 is 0 Å². The summed E-state index contributed by atoms with van der Waals surface area (Å²) >= 11 is 0. The number of benzene rings is 5. The fourth-order valence-corrected chi connectivity index (χ4v) is 5.28. The molecule has 7 heteroatoms. The number of hydrogen-bond donors (Lipinski definition) is 5. The first kappa shape index (κ1) is 34.5. The number of ether oxygens (including phenoxy) is 2. The molecule has 6 N–H and O–H groups in total. The first-order chi connectivity index (χ1) is 23.1. The van der Waals surface area contributed by atoms with E-state index in [-0.39, 0.29) is 40.2 Å². The topological polar surface area (TPSA) is 136 Å². The van der Waals surface area contributed by atoms with Crippen molar-refractivity contribution in [2.45, 2.75) is 52.4 Å². The lowest BCUT2D eigenvalue weighted by atomic mass is 9.87. The van der Waals surface area contributed by atoms with Crippen LogP contribution >= 0.6 is 0 Å². The van der Waals surface area contributed by atoms with Crippen molar-refractivity contribution in [2.24, 2.45) is 0 Å². The van der Waals surface area contributed by atoms with Crippen LogP contribution in [-0.4, -0.2) is 28.7 Å². The van der Waals surface area contributed by atoms with E-state index in [0.717, 1.165) is 27.8 Å². The fourth-order valence-electron chi connectivity index (χ4n) is 5.28. The van der Waals surface area contributed by atoms with Gasteiger partial charge in [-0.05, 0) is 111 Å². The maximum Gasteiger partial charge on any atom is 0.373 e. The Kier molecular flexibility index (Phi) is 9.67. The molecule has 5 rings (SSSR count). The van der Waals surface area contributed by atoms with Gasteiger partial charge in [-0.15, -0.1) is 0 Å². The molecule has 5 aromatic carbocycles. The summed E-state index contributed by atoms with van der Waals surface area (Å²) in [5.74, 6) is -0.0146. The van der Waals surface area contributed by atoms with Gasteiger partial charge in [-0.1, -0.05) is 90.1 Å². The molecular weight excluding hydrogens is 608 g/mol. The number of hydrogen-bond acceptors (Lipinski definition) is 6. The molecule has 0 aliphatic rings. The zero-order valence-electron chi connectivity index (χ0n) is 28.8. The SMILES string of the molecule is CC(C)(C)c1ccc(C(=N)OC(=N)c2ccc(-c3cc(O)cc(-c4ccc(C(=N)OC(=[NH2+])c5ccc(C(C)(C)C)cc5)cc4)c3)cc2)cc1. The first-order valence-electron chi connectivity index (χ1n) is 16.1. The Morgan fingerprint density at radius 1 is 0.469 bits per heavy atom. The van der Waals surface area contributed by atoms with Crippen LogP contribution in [0.25, 0.3) is 22.3 Å². The van der Waals surface area contributed by atoms with Crippen LogP contribution in [0.15, 0.2) is 115 Å². The minimum Gasteiger partial charge on any atom is -0.508 e. The van der Waals surface area contributed by atoms with Gasteiger partial charge in [0.15, 0.2) is 0 Å². The molecule has 0 fully saturated rings. The van der Waals surface area contributed by atoms with Crippen LogP contribution in [0.4, 0.5) is 0 Å². The molecule has 49 heavy (non-hydrogen) atoms. The Morgan fingerprint density at radius 2 is 0.796 bits per heavy atom. The van der Waals surface area contributed by atoms with Crippen molar-refractivity contribution >= 4 is 23.6 Å². The van der Waals surface area contributed by atoms with E-state index in [1.807, 2.05) is 78.9 Å². The molecule has 0 aliphatic heterocycles. The van der Waals surface area contributed by atoms with Gasteiger partial charge < -0.3 is 14.6 Å². The molecule has 0 saturated carbocycles. The second-order valence-corrected chi connectivity index (χ2v) is 14.1. The van der Waals surface area contributed by atoms with Crippen molar-refractivity contribution in [3.63, 3.8) is 0 Å². The van der Waals surface area contributed by atoms with Gasteiger partial charge in [0.25, 0.3) is 0 Å². The monoisotopic (exact) mass is 651 g/mol. The van der Waals surface area contributed by atoms with E-state index in [4.69, 9.17) is 31.1 Å². The Morgan fingerprint density at radius 3 is 1.16 bits per heavy atom. The van der Waals surface area contributed by atoms with E-state index in [2.05, 4.69) is 41.5 Å². The predicted octanol–water partition coefficient (Wildman–Crippen LogP) is 8.24. The van der Waals surface area contributed by atoms with Gasteiger partial charge in [0.1, 0.15) is 5.75 Å². The van der Waals surface area contributed by atoms with Gasteiger partial charge in [-0.25, -0.2) is 5.41 Å². The number of phenolic OH excluding ortho intramolecular Hbond substituents is 1.